The Bertz CT molecular complexity index is 1260. The molecule has 2 aromatic heterocycles. The lowest BCUT2D eigenvalue weighted by Gasteiger charge is -2.20. The van der Waals surface area contributed by atoms with Crippen LogP contribution < -0.4 is 4.90 Å². The average molecular weight is 455 g/mol. The summed E-state index contributed by atoms with van der Waals surface area (Å²) in [5.74, 6) is -0.283. The zero-order valence-corrected chi connectivity index (χ0v) is 18.6. The second kappa shape index (κ2) is 8.99. The molecule has 160 valence electrons. The number of carbonyl (C=O) groups excluding carboxylic acids is 1. The summed E-state index contributed by atoms with van der Waals surface area (Å²) >= 11 is 1.45. The lowest BCUT2D eigenvalue weighted by atomic mass is 10.2. The van der Waals surface area contributed by atoms with Crippen molar-refractivity contribution >= 4 is 42.4 Å². The minimum absolute atomic E-state index is 0.0167. The number of benzene rings is 2. The van der Waals surface area contributed by atoms with Crippen LogP contribution >= 0.6 is 11.3 Å². The number of thiazole rings is 1. The first-order chi connectivity index (χ1) is 15.0. The molecular weight excluding hydrogens is 432 g/mol. The van der Waals surface area contributed by atoms with Crippen LogP contribution in [-0.2, 0) is 16.4 Å². The Balaban J connectivity index is 1.66. The number of nitrogens with zero attached hydrogens (tertiary/aromatic N) is 4. The van der Waals surface area contributed by atoms with Crippen molar-refractivity contribution in [3.8, 4) is 0 Å². The van der Waals surface area contributed by atoms with E-state index in [4.69, 9.17) is 0 Å². The maximum atomic E-state index is 13.5. The summed E-state index contributed by atoms with van der Waals surface area (Å²) in [4.78, 5) is 23.9. The molecule has 7 nitrogen and oxygen atoms in total. The van der Waals surface area contributed by atoms with E-state index in [1.165, 1.54) is 23.5 Å². The van der Waals surface area contributed by atoms with Gasteiger partial charge in [0.2, 0.25) is 0 Å². The molecule has 0 saturated heterocycles. The van der Waals surface area contributed by atoms with Crippen molar-refractivity contribution in [1.82, 2.24) is 14.5 Å². The van der Waals surface area contributed by atoms with Gasteiger partial charge >= 0.3 is 0 Å². The Labute approximate surface area is 184 Å². The highest BCUT2D eigenvalue weighted by Gasteiger charge is 2.23. The van der Waals surface area contributed by atoms with E-state index in [1.54, 1.807) is 36.5 Å². The van der Waals surface area contributed by atoms with Crippen LogP contribution in [0.15, 0.2) is 72.1 Å². The Morgan fingerprint density at radius 3 is 2.74 bits per heavy atom. The van der Waals surface area contributed by atoms with E-state index in [0.717, 1.165) is 10.2 Å². The van der Waals surface area contributed by atoms with Gasteiger partial charge in [-0.3, -0.25) is 9.69 Å². The molecule has 0 saturated carbocycles. The Hall–Kier alpha value is -3.04. The molecule has 0 unspecified atom stereocenters. The van der Waals surface area contributed by atoms with Crippen molar-refractivity contribution in [3.63, 3.8) is 0 Å². The lowest BCUT2D eigenvalue weighted by molar-refractivity contribution is 0.0986. The summed E-state index contributed by atoms with van der Waals surface area (Å²) in [7, 11) is -3.41. The fraction of sp³-hybridized carbons (Fsp3) is 0.227. The van der Waals surface area contributed by atoms with E-state index in [1.807, 2.05) is 35.0 Å². The van der Waals surface area contributed by atoms with Crippen molar-refractivity contribution in [2.24, 2.45) is 0 Å². The van der Waals surface area contributed by atoms with Gasteiger partial charge in [-0.05, 0) is 36.8 Å². The van der Waals surface area contributed by atoms with Crippen LogP contribution in [0.2, 0.25) is 0 Å². The van der Waals surface area contributed by atoms with E-state index >= 15 is 0 Å². The number of para-hydroxylation sites is 1. The third-order valence-electron chi connectivity index (χ3n) is 4.94. The maximum absolute atomic E-state index is 13.5. The van der Waals surface area contributed by atoms with Gasteiger partial charge in [-0.1, -0.05) is 36.5 Å². The minimum atomic E-state index is -3.41. The smallest absolute Gasteiger partial charge is 0.260 e. The molecule has 2 heterocycles. The highest BCUT2D eigenvalue weighted by molar-refractivity contribution is 7.91. The number of anilines is 1. The molecule has 9 heteroatoms. The van der Waals surface area contributed by atoms with Gasteiger partial charge in [0.15, 0.2) is 15.0 Å². The number of fused-ring (bicyclic) bond motifs is 1. The molecule has 0 N–H and O–H groups in total. The number of hydrogen-bond donors (Lipinski definition) is 0. The van der Waals surface area contributed by atoms with Gasteiger partial charge in [0.05, 0.1) is 27.2 Å². The molecule has 0 radical (unpaired) electrons. The SMILES string of the molecule is CCS(=O)(=O)c1cccc(C(=O)N(CCCn2ccnc2)c2nc3ccccc3s2)c1. The van der Waals surface area contributed by atoms with Crippen molar-refractivity contribution in [2.45, 2.75) is 24.8 Å². The number of sulfone groups is 1. The van der Waals surface area contributed by atoms with Crippen molar-refractivity contribution in [1.29, 1.82) is 0 Å². The molecule has 31 heavy (non-hydrogen) atoms. The Morgan fingerprint density at radius 2 is 2.00 bits per heavy atom. The Morgan fingerprint density at radius 1 is 1.16 bits per heavy atom. The molecule has 4 aromatic rings. The second-order valence-corrected chi connectivity index (χ2v) is 10.3. The number of aryl methyl sites for hydroxylation is 1. The van der Waals surface area contributed by atoms with E-state index in [-0.39, 0.29) is 16.6 Å². The topological polar surface area (TPSA) is 85.2 Å². The monoisotopic (exact) mass is 454 g/mol. The summed E-state index contributed by atoms with van der Waals surface area (Å²) < 4.78 is 27.5. The average Bonchev–Trinajstić information content (AvgIpc) is 3.46. The van der Waals surface area contributed by atoms with Gasteiger partial charge in [-0.25, -0.2) is 18.4 Å². The quantitative estimate of drug-likeness (QED) is 0.401. The van der Waals surface area contributed by atoms with Crippen LogP contribution in [0.5, 0.6) is 0 Å². The summed E-state index contributed by atoms with van der Waals surface area (Å²) in [6, 6.07) is 14.0. The lowest BCUT2D eigenvalue weighted by Crippen LogP contribution is -2.32. The summed E-state index contributed by atoms with van der Waals surface area (Å²) in [5.41, 5.74) is 1.16. The molecule has 0 aliphatic rings. The van der Waals surface area contributed by atoms with Crippen LogP contribution in [0.3, 0.4) is 0 Å². The zero-order chi connectivity index (χ0) is 21.8. The first kappa shape index (κ1) is 21.2. The molecule has 0 fully saturated rings. The normalized spacial score (nSPS) is 11.6. The highest BCUT2D eigenvalue weighted by Crippen LogP contribution is 2.30. The van der Waals surface area contributed by atoms with Crippen LogP contribution in [0, 0.1) is 0 Å². The molecule has 2 aromatic carbocycles. The fourth-order valence-corrected chi connectivity index (χ4v) is 5.15. The van der Waals surface area contributed by atoms with Gasteiger partial charge in [-0.2, -0.15) is 0 Å². The van der Waals surface area contributed by atoms with Gasteiger partial charge in [-0.15, -0.1) is 0 Å². The molecule has 0 bridgehead atoms. The summed E-state index contributed by atoms with van der Waals surface area (Å²) in [5, 5.41) is 0.598. The first-order valence-electron chi connectivity index (χ1n) is 9.94. The van der Waals surface area contributed by atoms with Crippen molar-refractivity contribution in [2.75, 3.05) is 17.2 Å². The van der Waals surface area contributed by atoms with Crippen LogP contribution in [0.25, 0.3) is 10.2 Å². The van der Waals surface area contributed by atoms with Crippen LogP contribution in [0.4, 0.5) is 5.13 Å². The number of hydrogen-bond acceptors (Lipinski definition) is 6. The predicted octanol–water partition coefficient (Wildman–Crippen LogP) is 4.02. The number of aromatic nitrogens is 3. The molecular formula is C22H22N4O3S2. The minimum Gasteiger partial charge on any atom is -0.337 e. The molecule has 0 atom stereocenters. The van der Waals surface area contributed by atoms with Crippen molar-refractivity contribution < 1.29 is 13.2 Å². The van der Waals surface area contributed by atoms with Crippen LogP contribution in [-0.4, -0.2) is 41.2 Å². The second-order valence-electron chi connectivity index (χ2n) is 7.01. The third-order valence-corrected chi connectivity index (χ3v) is 7.73. The van der Waals surface area contributed by atoms with E-state index in [9.17, 15) is 13.2 Å². The van der Waals surface area contributed by atoms with Gasteiger partial charge in [0.1, 0.15) is 0 Å². The van der Waals surface area contributed by atoms with Crippen molar-refractivity contribution in [3.05, 3.63) is 72.8 Å². The molecule has 0 spiro atoms. The molecule has 1 amide bonds. The maximum Gasteiger partial charge on any atom is 0.260 e. The van der Waals surface area contributed by atoms with Gasteiger partial charge < -0.3 is 4.57 Å². The first-order valence-corrected chi connectivity index (χ1v) is 12.4. The summed E-state index contributed by atoms with van der Waals surface area (Å²) in [6.45, 7) is 2.74. The molecule has 0 aliphatic carbocycles. The third kappa shape index (κ3) is 4.67. The fourth-order valence-electron chi connectivity index (χ4n) is 3.24. The largest absolute Gasteiger partial charge is 0.337 e. The standard InChI is InChI=1S/C22H22N4O3S2/c1-2-31(28,29)18-8-5-7-17(15-18)21(27)26(13-6-12-25-14-11-23-16-25)22-24-19-9-3-4-10-20(19)30-22/h3-5,7-11,14-16H,2,6,12-13H2,1H3. The van der Waals surface area contributed by atoms with Crippen LogP contribution in [0.1, 0.15) is 23.7 Å². The van der Waals surface area contributed by atoms with E-state index in [0.29, 0.717) is 30.2 Å². The van der Waals surface area contributed by atoms with E-state index in [2.05, 4.69) is 9.97 Å². The number of rotatable bonds is 8. The van der Waals surface area contributed by atoms with Gasteiger partial charge in [0.25, 0.3) is 5.91 Å². The number of amides is 1. The Kier molecular flexibility index (Phi) is 6.15. The number of carbonyl (C=O) groups is 1. The molecule has 0 aliphatic heterocycles. The highest BCUT2D eigenvalue weighted by atomic mass is 32.2. The van der Waals surface area contributed by atoms with E-state index < -0.39 is 9.84 Å². The number of imidazole rings is 1. The predicted molar refractivity (Wildman–Crippen MR) is 122 cm³/mol. The summed E-state index contributed by atoms with van der Waals surface area (Å²) in [6.07, 6.45) is 6.03. The molecule has 4 rings (SSSR count). The van der Waals surface area contributed by atoms with Gasteiger partial charge in [0, 0.05) is 31.0 Å². The zero-order valence-electron chi connectivity index (χ0n) is 17.0.